The van der Waals surface area contributed by atoms with Crippen molar-refractivity contribution >= 4 is 11.6 Å². The molecular formula is C12H16ClFN2. The standard InChI is InChI=1S/C12H16ClFN2/c1-9(16-6-4-15-5-7-16)11-3-2-10(13)8-12(11)14/h2-3,8-9,15H,4-7H2,1H3/t9-/m1/s1. The van der Waals surface area contributed by atoms with Gasteiger partial charge in [0.15, 0.2) is 0 Å². The second kappa shape index (κ2) is 5.13. The van der Waals surface area contributed by atoms with Gasteiger partial charge in [0, 0.05) is 42.8 Å². The zero-order chi connectivity index (χ0) is 11.5. The van der Waals surface area contributed by atoms with Gasteiger partial charge in [-0.05, 0) is 19.1 Å². The van der Waals surface area contributed by atoms with Gasteiger partial charge in [-0.2, -0.15) is 0 Å². The molecule has 0 unspecified atom stereocenters. The van der Waals surface area contributed by atoms with Gasteiger partial charge in [-0.1, -0.05) is 17.7 Å². The fraction of sp³-hybridized carbons (Fsp3) is 0.500. The highest BCUT2D eigenvalue weighted by Crippen LogP contribution is 2.25. The van der Waals surface area contributed by atoms with E-state index >= 15 is 0 Å². The van der Waals surface area contributed by atoms with Crippen LogP contribution in [0.4, 0.5) is 4.39 Å². The molecule has 1 aliphatic rings. The summed E-state index contributed by atoms with van der Waals surface area (Å²) in [6.07, 6.45) is 0. The van der Waals surface area contributed by atoms with Crippen LogP contribution in [0, 0.1) is 5.82 Å². The molecule has 88 valence electrons. The molecule has 1 N–H and O–H groups in total. The minimum absolute atomic E-state index is 0.111. The van der Waals surface area contributed by atoms with Gasteiger partial charge in [0.25, 0.3) is 0 Å². The van der Waals surface area contributed by atoms with Crippen LogP contribution in [0.25, 0.3) is 0 Å². The van der Waals surface area contributed by atoms with E-state index in [2.05, 4.69) is 10.2 Å². The van der Waals surface area contributed by atoms with Crippen LogP contribution in [-0.4, -0.2) is 31.1 Å². The molecule has 1 aromatic carbocycles. The van der Waals surface area contributed by atoms with Gasteiger partial charge >= 0.3 is 0 Å². The molecule has 4 heteroatoms. The van der Waals surface area contributed by atoms with E-state index in [4.69, 9.17) is 11.6 Å². The molecule has 16 heavy (non-hydrogen) atoms. The van der Waals surface area contributed by atoms with Crippen molar-refractivity contribution in [1.82, 2.24) is 10.2 Å². The van der Waals surface area contributed by atoms with Crippen LogP contribution in [0.15, 0.2) is 18.2 Å². The molecule has 2 nitrogen and oxygen atoms in total. The fourth-order valence-corrected chi connectivity index (χ4v) is 2.27. The average Bonchev–Trinajstić information content (AvgIpc) is 2.29. The lowest BCUT2D eigenvalue weighted by molar-refractivity contribution is 0.182. The van der Waals surface area contributed by atoms with Gasteiger partial charge in [-0.15, -0.1) is 0 Å². The Morgan fingerprint density at radius 2 is 2.06 bits per heavy atom. The molecule has 1 heterocycles. The van der Waals surface area contributed by atoms with Gasteiger partial charge in [-0.3, -0.25) is 4.90 Å². The Bertz CT molecular complexity index is 364. The van der Waals surface area contributed by atoms with Crippen molar-refractivity contribution in [3.63, 3.8) is 0 Å². The first-order valence-electron chi connectivity index (χ1n) is 5.58. The molecule has 0 aromatic heterocycles. The summed E-state index contributed by atoms with van der Waals surface area (Å²) in [5.74, 6) is -0.210. The number of nitrogens with zero attached hydrogens (tertiary/aromatic N) is 1. The van der Waals surface area contributed by atoms with Gasteiger partial charge in [0.05, 0.1) is 0 Å². The summed E-state index contributed by atoms with van der Waals surface area (Å²) in [4.78, 5) is 2.28. The Hall–Kier alpha value is -0.640. The van der Waals surface area contributed by atoms with E-state index < -0.39 is 0 Å². The molecule has 1 saturated heterocycles. The Morgan fingerprint density at radius 3 is 2.69 bits per heavy atom. The van der Waals surface area contributed by atoms with Gasteiger partial charge < -0.3 is 5.32 Å². The zero-order valence-corrected chi connectivity index (χ0v) is 10.1. The van der Waals surface area contributed by atoms with Crippen molar-refractivity contribution in [1.29, 1.82) is 0 Å². The molecule has 0 aliphatic carbocycles. The van der Waals surface area contributed by atoms with Crippen molar-refractivity contribution in [3.05, 3.63) is 34.6 Å². The van der Waals surface area contributed by atoms with Crippen LogP contribution in [0.2, 0.25) is 5.02 Å². The molecule has 1 fully saturated rings. The Kier molecular flexibility index (Phi) is 3.79. The summed E-state index contributed by atoms with van der Waals surface area (Å²) in [7, 11) is 0. The maximum Gasteiger partial charge on any atom is 0.129 e. The second-order valence-electron chi connectivity index (χ2n) is 4.13. The Balaban J connectivity index is 2.15. The monoisotopic (exact) mass is 242 g/mol. The number of benzene rings is 1. The largest absolute Gasteiger partial charge is 0.314 e. The summed E-state index contributed by atoms with van der Waals surface area (Å²) < 4.78 is 13.7. The molecule has 0 amide bonds. The molecule has 0 bridgehead atoms. The normalized spacial score (nSPS) is 19.7. The van der Waals surface area contributed by atoms with Crippen molar-refractivity contribution in [3.8, 4) is 0 Å². The number of rotatable bonds is 2. The summed E-state index contributed by atoms with van der Waals surface area (Å²) >= 11 is 5.74. The smallest absolute Gasteiger partial charge is 0.129 e. The molecule has 1 aliphatic heterocycles. The predicted octanol–water partition coefficient (Wildman–Crippen LogP) is 2.45. The zero-order valence-electron chi connectivity index (χ0n) is 9.34. The third-order valence-electron chi connectivity index (χ3n) is 3.11. The lowest BCUT2D eigenvalue weighted by atomic mass is 10.1. The highest BCUT2D eigenvalue weighted by molar-refractivity contribution is 6.30. The van der Waals surface area contributed by atoms with Crippen LogP contribution in [-0.2, 0) is 0 Å². The van der Waals surface area contributed by atoms with E-state index in [0.29, 0.717) is 5.02 Å². The SMILES string of the molecule is C[C@H](c1ccc(Cl)cc1F)N1CCNCC1. The van der Waals surface area contributed by atoms with Crippen molar-refractivity contribution < 1.29 is 4.39 Å². The maximum atomic E-state index is 13.7. The van der Waals surface area contributed by atoms with Crippen LogP contribution < -0.4 is 5.32 Å². The summed E-state index contributed by atoms with van der Waals surface area (Å²) in [6, 6.07) is 5.03. The van der Waals surface area contributed by atoms with Crippen molar-refractivity contribution in [2.45, 2.75) is 13.0 Å². The van der Waals surface area contributed by atoms with Gasteiger partial charge in [0.2, 0.25) is 0 Å². The van der Waals surface area contributed by atoms with E-state index in [1.54, 1.807) is 12.1 Å². The fourth-order valence-electron chi connectivity index (χ4n) is 2.11. The molecule has 0 radical (unpaired) electrons. The maximum absolute atomic E-state index is 13.7. The summed E-state index contributed by atoms with van der Waals surface area (Å²) in [5, 5.41) is 3.74. The molecule has 0 spiro atoms. The van der Waals surface area contributed by atoms with Crippen LogP contribution in [0.5, 0.6) is 0 Å². The molecule has 0 saturated carbocycles. The average molecular weight is 243 g/mol. The molecule has 1 atom stereocenters. The number of piperazine rings is 1. The summed E-state index contributed by atoms with van der Waals surface area (Å²) in [5.41, 5.74) is 0.728. The van der Waals surface area contributed by atoms with Crippen molar-refractivity contribution in [2.75, 3.05) is 26.2 Å². The highest BCUT2D eigenvalue weighted by Gasteiger charge is 2.20. The van der Waals surface area contributed by atoms with E-state index in [9.17, 15) is 4.39 Å². The van der Waals surface area contributed by atoms with E-state index in [0.717, 1.165) is 31.7 Å². The van der Waals surface area contributed by atoms with Crippen LogP contribution in [0.3, 0.4) is 0 Å². The number of nitrogens with one attached hydrogen (secondary N) is 1. The first kappa shape index (κ1) is 11.8. The lowest BCUT2D eigenvalue weighted by Crippen LogP contribution is -2.44. The number of hydrogen-bond donors (Lipinski definition) is 1. The molecule has 1 aromatic rings. The van der Waals surface area contributed by atoms with Gasteiger partial charge in [-0.25, -0.2) is 4.39 Å². The van der Waals surface area contributed by atoms with E-state index in [-0.39, 0.29) is 11.9 Å². The number of hydrogen-bond acceptors (Lipinski definition) is 2. The van der Waals surface area contributed by atoms with Crippen LogP contribution in [0.1, 0.15) is 18.5 Å². The van der Waals surface area contributed by atoms with Crippen LogP contribution >= 0.6 is 11.6 Å². The first-order chi connectivity index (χ1) is 7.68. The summed E-state index contributed by atoms with van der Waals surface area (Å²) in [6.45, 7) is 5.91. The minimum atomic E-state index is -0.210. The molecular weight excluding hydrogens is 227 g/mol. The predicted molar refractivity (Wildman–Crippen MR) is 64.3 cm³/mol. The topological polar surface area (TPSA) is 15.3 Å². The second-order valence-corrected chi connectivity index (χ2v) is 4.56. The lowest BCUT2D eigenvalue weighted by Gasteiger charge is -2.33. The van der Waals surface area contributed by atoms with Gasteiger partial charge in [0.1, 0.15) is 5.82 Å². The highest BCUT2D eigenvalue weighted by atomic mass is 35.5. The van der Waals surface area contributed by atoms with Crippen molar-refractivity contribution in [2.24, 2.45) is 0 Å². The third kappa shape index (κ3) is 2.54. The quantitative estimate of drug-likeness (QED) is 0.857. The van der Waals surface area contributed by atoms with E-state index in [1.807, 2.05) is 6.92 Å². The molecule has 2 rings (SSSR count). The van der Waals surface area contributed by atoms with E-state index in [1.165, 1.54) is 6.07 Å². The minimum Gasteiger partial charge on any atom is -0.314 e. The number of halogens is 2. The first-order valence-corrected chi connectivity index (χ1v) is 5.96. The third-order valence-corrected chi connectivity index (χ3v) is 3.35. The Morgan fingerprint density at radius 1 is 1.38 bits per heavy atom. The Labute approximate surface area is 100 Å².